The molecular formula is C24H45DyO6. The standard InChI is InChI=1S/3C8H16O2.Dy/c3*1-2-3-4-5-6-7-8(9)10;/h3*2-7H2,1H3,(H,9,10);/q;;;+3/p-3. The number of hydrogen-bond acceptors (Lipinski definition) is 6. The van der Waals surface area contributed by atoms with E-state index in [9.17, 15) is 29.7 Å². The zero-order valence-electron chi connectivity index (χ0n) is 20.0. The van der Waals surface area contributed by atoms with Gasteiger partial charge in [0.15, 0.2) is 0 Å². The van der Waals surface area contributed by atoms with Crippen molar-refractivity contribution in [2.75, 3.05) is 0 Å². The number of hydrogen-bond donors (Lipinski definition) is 0. The van der Waals surface area contributed by atoms with Crippen LogP contribution in [0.3, 0.4) is 0 Å². The maximum atomic E-state index is 9.92. The van der Waals surface area contributed by atoms with Crippen molar-refractivity contribution in [1.29, 1.82) is 0 Å². The van der Waals surface area contributed by atoms with Crippen molar-refractivity contribution in [2.24, 2.45) is 0 Å². The minimum absolute atomic E-state index is 0. The summed E-state index contributed by atoms with van der Waals surface area (Å²) in [7, 11) is 0. The van der Waals surface area contributed by atoms with Gasteiger partial charge < -0.3 is 29.7 Å². The molecule has 0 aromatic carbocycles. The van der Waals surface area contributed by atoms with Gasteiger partial charge in [-0.1, -0.05) is 97.8 Å². The Balaban J connectivity index is -0.000000174. The van der Waals surface area contributed by atoms with Crippen LogP contribution < -0.4 is 15.3 Å². The Morgan fingerprint density at radius 3 is 0.774 bits per heavy atom. The summed E-state index contributed by atoms with van der Waals surface area (Å²) in [5.74, 6) is -2.76. The first kappa shape index (κ1) is 38.0. The van der Waals surface area contributed by atoms with Crippen LogP contribution in [-0.4, -0.2) is 17.9 Å². The monoisotopic (exact) mass is 593 g/mol. The van der Waals surface area contributed by atoms with Crippen molar-refractivity contribution < 1.29 is 67.9 Å². The molecule has 0 amide bonds. The first-order valence-electron chi connectivity index (χ1n) is 11.9. The second-order valence-corrected chi connectivity index (χ2v) is 7.61. The Labute approximate surface area is 221 Å². The van der Waals surface area contributed by atoms with Gasteiger partial charge in [0.1, 0.15) is 0 Å². The van der Waals surface area contributed by atoms with Crippen LogP contribution in [0.5, 0.6) is 0 Å². The molecule has 0 rings (SSSR count). The Bertz CT molecular complexity index is 331. The molecule has 0 aliphatic heterocycles. The predicted molar refractivity (Wildman–Crippen MR) is 115 cm³/mol. The number of aliphatic carboxylic acids is 3. The molecule has 0 spiro atoms. The van der Waals surface area contributed by atoms with Crippen molar-refractivity contribution in [3.8, 4) is 0 Å². The average molecular weight is 592 g/mol. The largest absolute Gasteiger partial charge is 3.00 e. The number of carboxylic acids is 3. The summed E-state index contributed by atoms with van der Waals surface area (Å²) in [6.07, 6.45) is 16.8. The molecule has 0 saturated carbocycles. The Kier molecular flexibility index (Phi) is 42.0. The van der Waals surface area contributed by atoms with Crippen LogP contribution in [0.1, 0.15) is 136 Å². The van der Waals surface area contributed by atoms with Crippen molar-refractivity contribution in [3.05, 3.63) is 0 Å². The third kappa shape index (κ3) is 53.2. The van der Waals surface area contributed by atoms with Gasteiger partial charge in [-0.05, 0) is 38.5 Å². The predicted octanol–water partition coefficient (Wildman–Crippen LogP) is 3.29. The summed E-state index contributed by atoms with van der Waals surface area (Å²) in [6, 6.07) is 0. The molecule has 0 aliphatic carbocycles. The van der Waals surface area contributed by atoms with E-state index in [1.165, 1.54) is 38.5 Å². The van der Waals surface area contributed by atoms with E-state index in [-0.39, 0.29) is 57.4 Å². The molecule has 0 aromatic heterocycles. The van der Waals surface area contributed by atoms with Gasteiger partial charge in [-0.3, -0.25) is 0 Å². The minimum atomic E-state index is -0.920. The number of carbonyl (C=O) groups excluding carboxylic acids is 3. The third-order valence-electron chi connectivity index (χ3n) is 4.45. The van der Waals surface area contributed by atoms with Crippen LogP contribution in [0.2, 0.25) is 0 Å². The van der Waals surface area contributed by atoms with Crippen LogP contribution in [0.25, 0.3) is 0 Å². The fourth-order valence-corrected chi connectivity index (χ4v) is 2.62. The van der Waals surface area contributed by atoms with E-state index in [0.29, 0.717) is 0 Å². The number of carboxylic acid groups (broad SMARTS) is 3. The number of rotatable bonds is 18. The van der Waals surface area contributed by atoms with Gasteiger partial charge in [0.05, 0.1) is 0 Å². The van der Waals surface area contributed by atoms with Crippen LogP contribution >= 0.6 is 0 Å². The maximum Gasteiger partial charge on any atom is 3.00 e. The topological polar surface area (TPSA) is 120 Å². The molecule has 6 nitrogen and oxygen atoms in total. The van der Waals surface area contributed by atoms with Gasteiger partial charge >= 0.3 is 38.2 Å². The van der Waals surface area contributed by atoms with E-state index < -0.39 is 17.9 Å². The molecule has 0 N–H and O–H groups in total. The molecule has 187 valence electrons. The summed E-state index contributed by atoms with van der Waals surface area (Å²) in [6.45, 7) is 6.41. The molecule has 0 saturated heterocycles. The van der Waals surface area contributed by atoms with Crippen molar-refractivity contribution in [3.63, 3.8) is 0 Å². The van der Waals surface area contributed by atoms with Gasteiger partial charge in [-0.2, -0.15) is 0 Å². The molecule has 0 unspecified atom stereocenters. The first-order valence-corrected chi connectivity index (χ1v) is 11.9. The summed E-state index contributed by atoms with van der Waals surface area (Å²) in [4.78, 5) is 29.8. The van der Waals surface area contributed by atoms with Crippen LogP contribution in [-0.2, 0) is 14.4 Å². The molecule has 0 aromatic rings. The zero-order chi connectivity index (χ0) is 23.5. The van der Waals surface area contributed by atoms with Gasteiger partial charge in [-0.15, -0.1) is 0 Å². The van der Waals surface area contributed by atoms with E-state index in [4.69, 9.17) is 0 Å². The maximum absolute atomic E-state index is 9.92. The Morgan fingerprint density at radius 1 is 0.419 bits per heavy atom. The van der Waals surface area contributed by atoms with E-state index in [2.05, 4.69) is 20.8 Å². The van der Waals surface area contributed by atoms with Crippen LogP contribution in [0.4, 0.5) is 0 Å². The van der Waals surface area contributed by atoms with E-state index in [1.807, 2.05) is 0 Å². The van der Waals surface area contributed by atoms with Crippen molar-refractivity contribution in [1.82, 2.24) is 0 Å². The summed E-state index contributed by atoms with van der Waals surface area (Å²) in [5.41, 5.74) is 0. The molecule has 0 atom stereocenters. The van der Waals surface area contributed by atoms with E-state index in [0.717, 1.165) is 57.8 Å². The molecule has 7 heteroatoms. The third-order valence-corrected chi connectivity index (χ3v) is 4.45. The van der Waals surface area contributed by atoms with Gasteiger partial charge in [0.25, 0.3) is 0 Å². The minimum Gasteiger partial charge on any atom is -0.550 e. The van der Waals surface area contributed by atoms with Crippen molar-refractivity contribution >= 4 is 17.9 Å². The fraction of sp³-hybridized carbons (Fsp3) is 0.875. The Morgan fingerprint density at radius 2 is 0.613 bits per heavy atom. The zero-order valence-corrected chi connectivity index (χ0v) is 22.0. The molecule has 0 heterocycles. The molecule has 1 radical (unpaired) electrons. The SMILES string of the molecule is CCCCCCCC(=O)[O-].CCCCCCCC(=O)[O-].CCCCCCCC(=O)[O-].[Dy+3]. The van der Waals surface area contributed by atoms with E-state index >= 15 is 0 Å². The fourth-order valence-electron chi connectivity index (χ4n) is 2.62. The first-order chi connectivity index (χ1) is 14.3. The van der Waals surface area contributed by atoms with Crippen molar-refractivity contribution in [2.45, 2.75) is 136 Å². The van der Waals surface area contributed by atoms with E-state index in [1.54, 1.807) is 0 Å². The average Bonchev–Trinajstić information content (AvgIpc) is 2.68. The Hall–Kier alpha value is -0.317. The van der Waals surface area contributed by atoms with Gasteiger partial charge in [-0.25, -0.2) is 0 Å². The summed E-state index contributed by atoms with van der Waals surface area (Å²) >= 11 is 0. The molecular weight excluding hydrogens is 547 g/mol. The molecule has 31 heavy (non-hydrogen) atoms. The van der Waals surface area contributed by atoms with Crippen LogP contribution in [0.15, 0.2) is 0 Å². The molecule has 0 aliphatic rings. The second-order valence-electron chi connectivity index (χ2n) is 7.61. The number of carbonyl (C=O) groups is 3. The van der Waals surface area contributed by atoms with Gasteiger partial charge in [0.2, 0.25) is 0 Å². The van der Waals surface area contributed by atoms with Gasteiger partial charge in [0, 0.05) is 17.9 Å². The molecule has 0 bridgehead atoms. The quantitative estimate of drug-likeness (QED) is 0.226. The number of unbranched alkanes of at least 4 members (excludes halogenated alkanes) is 12. The summed E-state index contributed by atoms with van der Waals surface area (Å²) in [5, 5.41) is 29.8. The smallest absolute Gasteiger partial charge is 0.550 e. The second kappa shape index (κ2) is 34.3. The van der Waals surface area contributed by atoms with Crippen LogP contribution in [0, 0.1) is 38.2 Å². The summed E-state index contributed by atoms with van der Waals surface area (Å²) < 4.78 is 0. The normalized spacial score (nSPS) is 9.39. The molecule has 0 fully saturated rings.